The van der Waals surface area contributed by atoms with Crippen molar-refractivity contribution in [2.24, 2.45) is 5.92 Å². The first kappa shape index (κ1) is 14.7. The van der Waals surface area contributed by atoms with Gasteiger partial charge in [-0.05, 0) is 55.6 Å². The van der Waals surface area contributed by atoms with Crippen LogP contribution in [0.2, 0.25) is 0 Å². The lowest BCUT2D eigenvalue weighted by molar-refractivity contribution is -0.139. The Morgan fingerprint density at radius 3 is 2.43 bits per heavy atom. The molecule has 1 heterocycles. The number of carbonyl (C=O) groups is 2. The van der Waals surface area contributed by atoms with Crippen LogP contribution < -0.4 is 5.32 Å². The van der Waals surface area contributed by atoms with Gasteiger partial charge in [0.05, 0.1) is 0 Å². The van der Waals surface area contributed by atoms with E-state index >= 15 is 0 Å². The van der Waals surface area contributed by atoms with Gasteiger partial charge in [0.1, 0.15) is 6.04 Å². The normalized spacial score (nSPS) is 23.8. The van der Waals surface area contributed by atoms with E-state index in [-0.39, 0.29) is 23.8 Å². The summed E-state index contributed by atoms with van der Waals surface area (Å²) in [6.45, 7) is 1.29. The highest BCUT2D eigenvalue weighted by molar-refractivity contribution is 5.89. The summed E-state index contributed by atoms with van der Waals surface area (Å²) in [6, 6.07) is 8.31. The molecule has 0 spiro atoms. The van der Waals surface area contributed by atoms with Crippen molar-refractivity contribution in [3.63, 3.8) is 0 Å². The summed E-state index contributed by atoms with van der Waals surface area (Å²) in [5.41, 5.74) is 2.54. The van der Waals surface area contributed by atoms with E-state index in [0.717, 1.165) is 43.7 Å². The van der Waals surface area contributed by atoms with Gasteiger partial charge in [0, 0.05) is 19.0 Å². The summed E-state index contributed by atoms with van der Waals surface area (Å²) in [5, 5.41) is 3.02. The molecule has 4 rings (SSSR count). The zero-order chi connectivity index (χ0) is 15.8. The third-order valence-corrected chi connectivity index (χ3v) is 5.26. The molecule has 3 fully saturated rings. The lowest BCUT2D eigenvalue weighted by Crippen LogP contribution is -2.46. The Kier molecular flexibility index (Phi) is 3.83. The predicted molar refractivity (Wildman–Crippen MR) is 87.7 cm³/mol. The first-order valence-corrected chi connectivity index (χ1v) is 8.89. The third kappa shape index (κ3) is 3.26. The van der Waals surface area contributed by atoms with E-state index in [2.05, 4.69) is 29.6 Å². The highest BCUT2D eigenvalue weighted by Crippen LogP contribution is 2.39. The zero-order valence-electron chi connectivity index (χ0n) is 13.5. The molecular formula is C19H24N2O2. The van der Waals surface area contributed by atoms with Crippen LogP contribution in [0.5, 0.6) is 0 Å². The van der Waals surface area contributed by atoms with Crippen LogP contribution >= 0.6 is 0 Å². The fraction of sp³-hybridized carbons (Fsp3) is 0.579. The van der Waals surface area contributed by atoms with E-state index in [1.165, 1.54) is 18.4 Å². The molecule has 2 amide bonds. The van der Waals surface area contributed by atoms with Gasteiger partial charge in [-0.1, -0.05) is 24.3 Å². The number of rotatable bonds is 5. The van der Waals surface area contributed by atoms with E-state index in [1.807, 2.05) is 4.90 Å². The Morgan fingerprint density at radius 2 is 1.78 bits per heavy atom. The maximum atomic E-state index is 12.5. The summed E-state index contributed by atoms with van der Waals surface area (Å²) in [5.74, 6) is 1.15. The fourth-order valence-electron chi connectivity index (χ4n) is 3.50. The molecule has 0 bridgehead atoms. The molecule has 1 N–H and O–H groups in total. The summed E-state index contributed by atoms with van der Waals surface area (Å²) < 4.78 is 0. The van der Waals surface area contributed by atoms with Gasteiger partial charge in [0.25, 0.3) is 0 Å². The number of carbonyl (C=O) groups excluding carboxylic acids is 2. The SMILES string of the molecule is O=C(NCc1ccc(C2CC2)cc1)[C@@H]1CCCN1C(=O)C1CC1. The molecule has 3 aliphatic rings. The smallest absolute Gasteiger partial charge is 0.243 e. The number of likely N-dealkylation sites (tertiary alicyclic amines) is 1. The van der Waals surface area contributed by atoms with Gasteiger partial charge in [-0.2, -0.15) is 0 Å². The summed E-state index contributed by atoms with van der Waals surface area (Å²) in [4.78, 5) is 26.5. The Morgan fingerprint density at radius 1 is 1.04 bits per heavy atom. The van der Waals surface area contributed by atoms with Crippen LogP contribution in [-0.2, 0) is 16.1 Å². The Balaban J connectivity index is 1.32. The van der Waals surface area contributed by atoms with Crippen molar-refractivity contribution in [2.45, 2.75) is 57.0 Å². The molecule has 1 aromatic carbocycles. The van der Waals surface area contributed by atoms with Crippen molar-refractivity contribution in [1.82, 2.24) is 10.2 Å². The minimum absolute atomic E-state index is 0.00256. The Labute approximate surface area is 137 Å². The lowest BCUT2D eigenvalue weighted by atomic mass is 10.1. The average molecular weight is 312 g/mol. The molecule has 1 saturated heterocycles. The highest BCUT2D eigenvalue weighted by Gasteiger charge is 2.40. The van der Waals surface area contributed by atoms with Crippen LogP contribution in [0.3, 0.4) is 0 Å². The van der Waals surface area contributed by atoms with E-state index < -0.39 is 0 Å². The average Bonchev–Trinajstić information content (AvgIpc) is 3.49. The quantitative estimate of drug-likeness (QED) is 0.908. The molecule has 4 heteroatoms. The number of nitrogens with one attached hydrogen (secondary N) is 1. The maximum absolute atomic E-state index is 12.5. The first-order chi connectivity index (χ1) is 11.2. The molecule has 4 nitrogen and oxygen atoms in total. The highest BCUT2D eigenvalue weighted by atomic mass is 16.2. The second-order valence-corrected chi connectivity index (χ2v) is 7.20. The van der Waals surface area contributed by atoms with Gasteiger partial charge >= 0.3 is 0 Å². The first-order valence-electron chi connectivity index (χ1n) is 8.89. The van der Waals surface area contributed by atoms with Gasteiger partial charge in [-0.3, -0.25) is 9.59 Å². The molecule has 0 aromatic heterocycles. The molecule has 0 unspecified atom stereocenters. The minimum Gasteiger partial charge on any atom is -0.350 e. The predicted octanol–water partition coefficient (Wildman–Crippen LogP) is 2.58. The number of hydrogen-bond donors (Lipinski definition) is 1. The van der Waals surface area contributed by atoms with Crippen LogP contribution in [-0.4, -0.2) is 29.3 Å². The van der Waals surface area contributed by atoms with E-state index in [1.54, 1.807) is 0 Å². The zero-order valence-corrected chi connectivity index (χ0v) is 13.5. The topological polar surface area (TPSA) is 49.4 Å². The second-order valence-electron chi connectivity index (χ2n) is 7.20. The summed E-state index contributed by atoms with van der Waals surface area (Å²) in [6.07, 6.45) is 6.34. The number of benzene rings is 1. The van der Waals surface area contributed by atoms with Crippen LogP contribution in [0, 0.1) is 5.92 Å². The minimum atomic E-state index is -0.256. The molecule has 122 valence electrons. The molecule has 1 aliphatic heterocycles. The van der Waals surface area contributed by atoms with Crippen LogP contribution in [0.25, 0.3) is 0 Å². The van der Waals surface area contributed by atoms with E-state index in [0.29, 0.717) is 6.54 Å². The van der Waals surface area contributed by atoms with Crippen molar-refractivity contribution >= 4 is 11.8 Å². The van der Waals surface area contributed by atoms with E-state index in [4.69, 9.17) is 0 Å². The Bertz CT molecular complexity index is 602. The second kappa shape index (κ2) is 5.99. The molecule has 2 aliphatic carbocycles. The number of nitrogens with zero attached hydrogens (tertiary/aromatic N) is 1. The fourth-order valence-corrected chi connectivity index (χ4v) is 3.50. The van der Waals surface area contributed by atoms with Gasteiger partial charge < -0.3 is 10.2 Å². The van der Waals surface area contributed by atoms with Crippen molar-refractivity contribution in [2.75, 3.05) is 6.54 Å². The molecule has 1 atom stereocenters. The maximum Gasteiger partial charge on any atom is 0.243 e. The summed E-state index contributed by atoms with van der Waals surface area (Å²) >= 11 is 0. The van der Waals surface area contributed by atoms with Gasteiger partial charge in [-0.15, -0.1) is 0 Å². The monoisotopic (exact) mass is 312 g/mol. The molecule has 1 aromatic rings. The van der Waals surface area contributed by atoms with Crippen LogP contribution in [0.1, 0.15) is 55.6 Å². The van der Waals surface area contributed by atoms with E-state index in [9.17, 15) is 9.59 Å². The van der Waals surface area contributed by atoms with Gasteiger partial charge in [-0.25, -0.2) is 0 Å². The lowest BCUT2D eigenvalue weighted by Gasteiger charge is -2.24. The Hall–Kier alpha value is -1.84. The molecule has 23 heavy (non-hydrogen) atoms. The summed E-state index contributed by atoms with van der Waals surface area (Å²) in [7, 11) is 0. The van der Waals surface area contributed by atoms with Gasteiger partial charge in [0.2, 0.25) is 11.8 Å². The van der Waals surface area contributed by atoms with Crippen LogP contribution in [0.4, 0.5) is 0 Å². The number of hydrogen-bond acceptors (Lipinski definition) is 2. The molecular weight excluding hydrogens is 288 g/mol. The molecule has 0 radical (unpaired) electrons. The van der Waals surface area contributed by atoms with Crippen LogP contribution in [0.15, 0.2) is 24.3 Å². The van der Waals surface area contributed by atoms with Gasteiger partial charge in [0.15, 0.2) is 0 Å². The largest absolute Gasteiger partial charge is 0.350 e. The van der Waals surface area contributed by atoms with Crippen molar-refractivity contribution in [3.8, 4) is 0 Å². The standard InChI is InChI=1S/C19H24N2O2/c22-18(17-2-1-11-21(17)19(23)16-9-10-16)20-12-13-3-5-14(6-4-13)15-7-8-15/h3-6,15-17H,1-2,7-12H2,(H,20,22)/t17-/m0/s1. The molecule has 2 saturated carbocycles. The van der Waals surface area contributed by atoms with Crippen molar-refractivity contribution in [3.05, 3.63) is 35.4 Å². The third-order valence-electron chi connectivity index (χ3n) is 5.26. The van der Waals surface area contributed by atoms with Crippen molar-refractivity contribution in [1.29, 1.82) is 0 Å². The van der Waals surface area contributed by atoms with Crippen molar-refractivity contribution < 1.29 is 9.59 Å². The number of amides is 2.